The molecule has 1 N–H and O–H groups in total. The highest BCUT2D eigenvalue weighted by Gasteiger charge is 2.13. The van der Waals surface area contributed by atoms with E-state index in [1.807, 2.05) is 54.6 Å². The summed E-state index contributed by atoms with van der Waals surface area (Å²) in [6, 6.07) is 17.5. The Labute approximate surface area is 153 Å². The number of hydrogen-bond donors (Lipinski definition) is 1. The van der Waals surface area contributed by atoms with Crippen LogP contribution in [0.25, 0.3) is 0 Å². The number of halogens is 1. The number of hydrogen-bond acceptors (Lipinski definition) is 2. The fraction of sp³-hybridized carbons (Fsp3) is 0.300. The van der Waals surface area contributed by atoms with Gasteiger partial charge in [-0.1, -0.05) is 54.1 Å². The first-order valence-electron chi connectivity index (χ1n) is 8.35. The first-order chi connectivity index (χ1) is 12.0. The van der Waals surface area contributed by atoms with Crippen LogP contribution < -0.4 is 5.32 Å². The van der Waals surface area contributed by atoms with Crippen LogP contribution in [-0.2, 0) is 22.4 Å². The van der Waals surface area contributed by atoms with Gasteiger partial charge in [0.2, 0.25) is 11.8 Å². The van der Waals surface area contributed by atoms with Crippen LogP contribution in [0.2, 0.25) is 5.02 Å². The number of carbonyl (C=O) groups is 2. The standard InChI is InChI=1S/C20H23ClN2O2/c1-16(24)23(13-11-17-6-3-2-4-7-17)15-20(25)22-12-10-18-8-5-9-19(21)14-18/h2-9,14H,10-13,15H2,1H3,(H,22,25). The average Bonchev–Trinajstić information content (AvgIpc) is 2.59. The van der Waals surface area contributed by atoms with E-state index < -0.39 is 0 Å². The van der Waals surface area contributed by atoms with Gasteiger partial charge in [0.25, 0.3) is 0 Å². The third kappa shape index (κ3) is 6.98. The molecular formula is C20H23ClN2O2. The van der Waals surface area contributed by atoms with Crippen molar-refractivity contribution in [2.24, 2.45) is 0 Å². The molecule has 0 saturated heterocycles. The van der Waals surface area contributed by atoms with E-state index in [1.165, 1.54) is 6.92 Å². The van der Waals surface area contributed by atoms with Gasteiger partial charge in [0.15, 0.2) is 0 Å². The first kappa shape index (κ1) is 19.0. The van der Waals surface area contributed by atoms with Crippen molar-refractivity contribution in [2.75, 3.05) is 19.6 Å². The van der Waals surface area contributed by atoms with Gasteiger partial charge < -0.3 is 10.2 Å². The van der Waals surface area contributed by atoms with Crippen molar-refractivity contribution in [3.05, 3.63) is 70.7 Å². The number of carbonyl (C=O) groups excluding carboxylic acids is 2. The monoisotopic (exact) mass is 358 g/mol. The number of nitrogens with zero attached hydrogens (tertiary/aromatic N) is 1. The van der Waals surface area contributed by atoms with Crippen LogP contribution in [0.3, 0.4) is 0 Å². The molecule has 0 saturated carbocycles. The van der Waals surface area contributed by atoms with E-state index in [9.17, 15) is 9.59 Å². The quantitative estimate of drug-likeness (QED) is 0.788. The van der Waals surface area contributed by atoms with Crippen LogP contribution in [0.1, 0.15) is 18.1 Å². The lowest BCUT2D eigenvalue weighted by Crippen LogP contribution is -2.41. The van der Waals surface area contributed by atoms with Gasteiger partial charge in [-0.3, -0.25) is 9.59 Å². The number of benzene rings is 2. The van der Waals surface area contributed by atoms with Crippen molar-refractivity contribution >= 4 is 23.4 Å². The molecule has 2 amide bonds. The minimum absolute atomic E-state index is 0.0811. The molecular weight excluding hydrogens is 336 g/mol. The van der Waals surface area contributed by atoms with E-state index in [2.05, 4.69) is 5.32 Å². The largest absolute Gasteiger partial charge is 0.354 e. The van der Waals surface area contributed by atoms with E-state index in [0.29, 0.717) is 24.5 Å². The lowest BCUT2D eigenvalue weighted by Gasteiger charge is -2.20. The zero-order valence-corrected chi connectivity index (χ0v) is 15.1. The Morgan fingerprint density at radius 3 is 2.40 bits per heavy atom. The van der Waals surface area contributed by atoms with E-state index in [1.54, 1.807) is 4.90 Å². The summed E-state index contributed by atoms with van der Waals surface area (Å²) < 4.78 is 0. The summed E-state index contributed by atoms with van der Waals surface area (Å²) in [5.41, 5.74) is 2.22. The smallest absolute Gasteiger partial charge is 0.239 e. The third-order valence-corrected chi connectivity index (χ3v) is 4.15. The second-order valence-corrected chi connectivity index (χ2v) is 6.34. The van der Waals surface area contributed by atoms with Crippen molar-refractivity contribution in [2.45, 2.75) is 19.8 Å². The molecule has 132 valence electrons. The molecule has 0 atom stereocenters. The van der Waals surface area contributed by atoms with E-state index >= 15 is 0 Å². The fourth-order valence-corrected chi connectivity index (χ4v) is 2.74. The van der Waals surface area contributed by atoms with E-state index in [4.69, 9.17) is 11.6 Å². The molecule has 2 rings (SSSR count). The van der Waals surface area contributed by atoms with Crippen LogP contribution in [0.4, 0.5) is 0 Å². The molecule has 0 fully saturated rings. The van der Waals surface area contributed by atoms with Crippen molar-refractivity contribution in [3.63, 3.8) is 0 Å². The summed E-state index contributed by atoms with van der Waals surface area (Å²) in [5.74, 6) is -0.244. The molecule has 0 aromatic heterocycles. The Kier molecular flexibility index (Phi) is 7.48. The summed E-state index contributed by atoms with van der Waals surface area (Å²) in [7, 11) is 0. The average molecular weight is 359 g/mol. The van der Waals surface area contributed by atoms with Crippen molar-refractivity contribution in [1.29, 1.82) is 0 Å². The van der Waals surface area contributed by atoms with Crippen molar-refractivity contribution in [1.82, 2.24) is 10.2 Å². The van der Waals surface area contributed by atoms with Crippen LogP contribution in [0.5, 0.6) is 0 Å². The first-order valence-corrected chi connectivity index (χ1v) is 8.73. The number of amides is 2. The van der Waals surface area contributed by atoms with Crippen molar-refractivity contribution < 1.29 is 9.59 Å². The summed E-state index contributed by atoms with van der Waals surface area (Å²) in [6.45, 7) is 2.62. The van der Waals surface area contributed by atoms with Gasteiger partial charge >= 0.3 is 0 Å². The molecule has 0 bridgehead atoms. The van der Waals surface area contributed by atoms with Gasteiger partial charge in [0.05, 0.1) is 6.54 Å². The predicted molar refractivity (Wildman–Crippen MR) is 101 cm³/mol. The molecule has 25 heavy (non-hydrogen) atoms. The highest BCUT2D eigenvalue weighted by Crippen LogP contribution is 2.10. The van der Waals surface area contributed by atoms with Crippen LogP contribution in [0, 0.1) is 0 Å². The zero-order chi connectivity index (χ0) is 18.1. The molecule has 0 unspecified atom stereocenters. The Hall–Kier alpha value is -2.33. The number of rotatable bonds is 8. The lowest BCUT2D eigenvalue weighted by molar-refractivity contribution is -0.134. The Morgan fingerprint density at radius 1 is 1.00 bits per heavy atom. The number of nitrogens with one attached hydrogen (secondary N) is 1. The van der Waals surface area contributed by atoms with E-state index in [-0.39, 0.29) is 18.4 Å². The molecule has 0 aliphatic carbocycles. The minimum Gasteiger partial charge on any atom is -0.354 e. The molecule has 2 aromatic rings. The fourth-order valence-electron chi connectivity index (χ4n) is 2.52. The highest BCUT2D eigenvalue weighted by atomic mass is 35.5. The maximum absolute atomic E-state index is 12.1. The van der Waals surface area contributed by atoms with Crippen LogP contribution in [-0.4, -0.2) is 36.3 Å². The molecule has 2 aromatic carbocycles. The summed E-state index contributed by atoms with van der Waals surface area (Å²) >= 11 is 5.94. The Morgan fingerprint density at radius 2 is 1.72 bits per heavy atom. The third-order valence-electron chi connectivity index (χ3n) is 3.92. The lowest BCUT2D eigenvalue weighted by atomic mass is 10.1. The minimum atomic E-state index is -0.148. The topological polar surface area (TPSA) is 49.4 Å². The maximum atomic E-state index is 12.1. The van der Waals surface area contributed by atoms with Gasteiger partial charge in [-0.05, 0) is 36.1 Å². The van der Waals surface area contributed by atoms with Crippen molar-refractivity contribution in [3.8, 4) is 0 Å². The second kappa shape index (κ2) is 9.84. The zero-order valence-electron chi connectivity index (χ0n) is 14.4. The normalized spacial score (nSPS) is 10.3. The SMILES string of the molecule is CC(=O)N(CCc1ccccc1)CC(=O)NCCc1cccc(Cl)c1. The predicted octanol–water partition coefficient (Wildman–Crippen LogP) is 3.09. The van der Waals surface area contributed by atoms with Gasteiger partial charge in [0, 0.05) is 25.0 Å². The molecule has 0 aliphatic rings. The van der Waals surface area contributed by atoms with Gasteiger partial charge in [-0.2, -0.15) is 0 Å². The second-order valence-electron chi connectivity index (χ2n) is 5.91. The molecule has 4 nitrogen and oxygen atoms in total. The van der Waals surface area contributed by atoms with Crippen LogP contribution in [0.15, 0.2) is 54.6 Å². The Balaban J connectivity index is 1.76. The molecule has 0 aliphatic heterocycles. The summed E-state index contributed by atoms with van der Waals surface area (Å²) in [5, 5.41) is 3.55. The molecule has 0 spiro atoms. The molecule has 0 radical (unpaired) electrons. The summed E-state index contributed by atoms with van der Waals surface area (Å²) in [4.78, 5) is 25.4. The van der Waals surface area contributed by atoms with Gasteiger partial charge in [-0.25, -0.2) is 0 Å². The molecule has 0 heterocycles. The van der Waals surface area contributed by atoms with Gasteiger partial charge in [-0.15, -0.1) is 0 Å². The highest BCUT2D eigenvalue weighted by molar-refractivity contribution is 6.30. The van der Waals surface area contributed by atoms with Gasteiger partial charge in [0.1, 0.15) is 0 Å². The Bertz CT molecular complexity index is 704. The molecule has 5 heteroatoms. The summed E-state index contributed by atoms with van der Waals surface area (Å²) in [6.07, 6.45) is 1.44. The van der Waals surface area contributed by atoms with E-state index in [0.717, 1.165) is 17.5 Å². The van der Waals surface area contributed by atoms with Crippen LogP contribution >= 0.6 is 11.6 Å². The maximum Gasteiger partial charge on any atom is 0.239 e.